The molecule has 1 heterocycles. The average Bonchev–Trinajstić information content (AvgIpc) is 2.93. The van der Waals surface area contributed by atoms with Crippen molar-refractivity contribution in [3.8, 4) is 16.3 Å². The zero-order chi connectivity index (χ0) is 14.9. The predicted molar refractivity (Wildman–Crippen MR) is 91.9 cm³/mol. The van der Waals surface area contributed by atoms with Crippen molar-refractivity contribution < 1.29 is 4.74 Å². The molecule has 1 aromatic heterocycles. The highest BCUT2D eigenvalue weighted by Crippen LogP contribution is 2.27. The van der Waals surface area contributed by atoms with Gasteiger partial charge in [0, 0.05) is 5.56 Å². The zero-order valence-electron chi connectivity index (χ0n) is 12.3. The van der Waals surface area contributed by atoms with E-state index in [1.54, 1.807) is 0 Å². The van der Waals surface area contributed by atoms with Crippen molar-refractivity contribution in [3.05, 3.63) is 28.2 Å². The molecule has 0 fully saturated rings. The van der Waals surface area contributed by atoms with E-state index in [1.165, 1.54) is 43.4 Å². The fourth-order valence-electron chi connectivity index (χ4n) is 2.09. The van der Waals surface area contributed by atoms with Gasteiger partial charge in [-0.25, -0.2) is 0 Å². The minimum absolute atomic E-state index is 0.801. The minimum Gasteiger partial charge on any atom is -0.494 e. The Kier molecular flexibility index (Phi) is 7.16. The molecule has 2 rings (SSSR count). The molecule has 1 aromatic carbocycles. The monoisotopic (exact) mass is 368 g/mol. The molecule has 0 unspecified atom stereocenters. The Hall–Kier alpha value is -0.940. The van der Waals surface area contributed by atoms with Gasteiger partial charge < -0.3 is 4.74 Å². The summed E-state index contributed by atoms with van der Waals surface area (Å²) in [6.07, 6.45) is 7.72. The second kappa shape index (κ2) is 9.15. The van der Waals surface area contributed by atoms with Crippen molar-refractivity contribution in [3.63, 3.8) is 0 Å². The molecule has 0 N–H and O–H groups in total. The van der Waals surface area contributed by atoms with Crippen LogP contribution in [0.25, 0.3) is 10.6 Å². The summed E-state index contributed by atoms with van der Waals surface area (Å²) in [6.45, 7) is 3.04. The van der Waals surface area contributed by atoms with Crippen LogP contribution >= 0.6 is 27.3 Å². The number of rotatable bonds is 9. The number of hydrogen-bond acceptors (Lipinski definition) is 4. The summed E-state index contributed by atoms with van der Waals surface area (Å²) in [7, 11) is 0. The summed E-state index contributed by atoms with van der Waals surface area (Å²) in [5.41, 5.74) is 1.07. The molecule has 21 heavy (non-hydrogen) atoms. The van der Waals surface area contributed by atoms with Gasteiger partial charge in [-0.15, -0.1) is 10.2 Å². The summed E-state index contributed by atoms with van der Waals surface area (Å²) in [5, 5.41) is 8.99. The third-order valence-electron chi connectivity index (χ3n) is 3.27. The van der Waals surface area contributed by atoms with Crippen molar-refractivity contribution in [2.45, 2.75) is 45.4 Å². The number of unbranched alkanes of at least 4 members (excludes halogenated alkanes) is 5. The number of ether oxygens (including phenoxy) is 1. The Morgan fingerprint density at radius 2 is 1.71 bits per heavy atom. The van der Waals surface area contributed by atoms with Crippen LogP contribution in [0.1, 0.15) is 45.4 Å². The van der Waals surface area contributed by atoms with Gasteiger partial charge in [-0.05, 0) is 46.6 Å². The van der Waals surface area contributed by atoms with E-state index < -0.39 is 0 Å². The Morgan fingerprint density at radius 3 is 2.38 bits per heavy atom. The number of aromatic nitrogens is 2. The van der Waals surface area contributed by atoms with E-state index >= 15 is 0 Å². The molecular formula is C16H21BrN2OS. The topological polar surface area (TPSA) is 35.0 Å². The summed E-state index contributed by atoms with van der Waals surface area (Å²) >= 11 is 4.86. The van der Waals surface area contributed by atoms with Crippen LogP contribution in [0, 0.1) is 0 Å². The summed E-state index contributed by atoms with van der Waals surface area (Å²) in [4.78, 5) is 0. The highest BCUT2D eigenvalue weighted by atomic mass is 79.9. The average molecular weight is 369 g/mol. The summed E-state index contributed by atoms with van der Waals surface area (Å²) < 4.78 is 6.57. The first-order valence-corrected chi connectivity index (χ1v) is 9.13. The molecule has 0 saturated heterocycles. The van der Waals surface area contributed by atoms with Crippen molar-refractivity contribution in [1.29, 1.82) is 0 Å². The van der Waals surface area contributed by atoms with E-state index in [4.69, 9.17) is 4.74 Å². The second-order valence-electron chi connectivity index (χ2n) is 5.00. The van der Waals surface area contributed by atoms with Crippen LogP contribution in [0.2, 0.25) is 0 Å². The molecule has 2 aromatic rings. The highest BCUT2D eigenvalue weighted by Gasteiger charge is 2.04. The molecule has 0 bridgehead atoms. The van der Waals surface area contributed by atoms with Crippen LogP contribution in [-0.4, -0.2) is 16.8 Å². The smallest absolute Gasteiger partial charge is 0.183 e. The lowest BCUT2D eigenvalue weighted by atomic mass is 10.1. The van der Waals surface area contributed by atoms with Gasteiger partial charge in [0.15, 0.2) is 3.92 Å². The Morgan fingerprint density at radius 1 is 1.00 bits per heavy atom. The van der Waals surface area contributed by atoms with Crippen molar-refractivity contribution in [2.24, 2.45) is 0 Å². The molecule has 0 amide bonds. The first kappa shape index (κ1) is 16.4. The van der Waals surface area contributed by atoms with Crippen LogP contribution in [0.15, 0.2) is 28.2 Å². The van der Waals surface area contributed by atoms with E-state index in [-0.39, 0.29) is 0 Å². The number of hydrogen-bond donors (Lipinski definition) is 0. The summed E-state index contributed by atoms with van der Waals surface area (Å²) in [6, 6.07) is 8.07. The Bertz CT molecular complexity index is 527. The molecule has 114 valence electrons. The molecule has 0 saturated carbocycles. The maximum Gasteiger partial charge on any atom is 0.183 e. The largest absolute Gasteiger partial charge is 0.494 e. The maximum absolute atomic E-state index is 5.77. The maximum atomic E-state index is 5.77. The van der Waals surface area contributed by atoms with Crippen LogP contribution in [0.4, 0.5) is 0 Å². The number of nitrogens with zero attached hydrogens (tertiary/aromatic N) is 2. The first-order chi connectivity index (χ1) is 10.3. The molecule has 3 nitrogen and oxygen atoms in total. The van der Waals surface area contributed by atoms with Gasteiger partial charge in [0.1, 0.15) is 10.8 Å². The van der Waals surface area contributed by atoms with Gasteiger partial charge in [0.05, 0.1) is 6.61 Å². The molecule has 5 heteroatoms. The first-order valence-electron chi connectivity index (χ1n) is 7.52. The van der Waals surface area contributed by atoms with Gasteiger partial charge in [0.25, 0.3) is 0 Å². The van der Waals surface area contributed by atoms with Crippen molar-refractivity contribution in [1.82, 2.24) is 10.2 Å². The normalized spacial score (nSPS) is 10.8. The van der Waals surface area contributed by atoms with Gasteiger partial charge in [-0.1, -0.05) is 50.4 Å². The van der Waals surface area contributed by atoms with Crippen LogP contribution in [-0.2, 0) is 0 Å². The van der Waals surface area contributed by atoms with Crippen LogP contribution in [0.5, 0.6) is 5.75 Å². The molecule has 0 radical (unpaired) electrons. The minimum atomic E-state index is 0.801. The zero-order valence-corrected chi connectivity index (χ0v) is 14.8. The van der Waals surface area contributed by atoms with E-state index in [9.17, 15) is 0 Å². The molecule has 0 atom stereocenters. The molecular weight excluding hydrogens is 348 g/mol. The predicted octanol–water partition coefficient (Wildman–Crippen LogP) is 5.71. The molecule has 0 spiro atoms. The fraction of sp³-hybridized carbons (Fsp3) is 0.500. The lowest BCUT2D eigenvalue weighted by molar-refractivity contribution is 0.304. The van der Waals surface area contributed by atoms with Crippen molar-refractivity contribution in [2.75, 3.05) is 6.61 Å². The van der Waals surface area contributed by atoms with Gasteiger partial charge in [-0.2, -0.15) is 0 Å². The molecule has 0 aliphatic rings. The van der Waals surface area contributed by atoms with Crippen LogP contribution in [0.3, 0.4) is 0 Å². The second-order valence-corrected chi connectivity index (χ2v) is 7.25. The molecule has 0 aliphatic carbocycles. The number of halogens is 1. The Balaban J connectivity index is 1.70. The Labute approximate surface area is 138 Å². The van der Waals surface area contributed by atoms with E-state index in [1.807, 2.05) is 24.3 Å². The fourth-order valence-corrected chi connectivity index (χ4v) is 3.20. The third kappa shape index (κ3) is 5.75. The lowest BCUT2D eigenvalue weighted by Crippen LogP contribution is -1.97. The van der Waals surface area contributed by atoms with Crippen LogP contribution < -0.4 is 4.74 Å². The van der Waals surface area contributed by atoms with Gasteiger partial charge in [0.2, 0.25) is 0 Å². The highest BCUT2D eigenvalue weighted by molar-refractivity contribution is 9.11. The summed E-state index contributed by atoms with van der Waals surface area (Å²) in [5.74, 6) is 0.927. The lowest BCUT2D eigenvalue weighted by Gasteiger charge is -2.06. The van der Waals surface area contributed by atoms with Gasteiger partial charge >= 0.3 is 0 Å². The SMILES string of the molecule is CCCCCCCCOc1ccc(-c2nnc(Br)s2)cc1. The quantitative estimate of drug-likeness (QED) is 0.531. The standard InChI is InChI=1S/C16H21BrN2OS/c1-2-3-4-5-6-7-12-20-14-10-8-13(9-11-14)15-18-19-16(17)21-15/h8-11H,2-7,12H2,1H3. The van der Waals surface area contributed by atoms with E-state index in [0.29, 0.717) is 0 Å². The van der Waals surface area contributed by atoms with E-state index in [2.05, 4.69) is 33.1 Å². The third-order valence-corrected chi connectivity index (χ3v) is 4.67. The number of benzene rings is 1. The van der Waals surface area contributed by atoms with Crippen molar-refractivity contribution >= 4 is 27.3 Å². The molecule has 0 aliphatic heterocycles. The van der Waals surface area contributed by atoms with E-state index in [0.717, 1.165) is 33.3 Å². The van der Waals surface area contributed by atoms with Gasteiger partial charge in [-0.3, -0.25) is 0 Å².